The van der Waals surface area contributed by atoms with Gasteiger partial charge < -0.3 is 0 Å². The summed E-state index contributed by atoms with van der Waals surface area (Å²) in [6.45, 7) is 4.63. The van der Waals surface area contributed by atoms with Gasteiger partial charge in [0.15, 0.2) is 11.6 Å². The zero-order valence-electron chi connectivity index (χ0n) is 24.5. The summed E-state index contributed by atoms with van der Waals surface area (Å²) in [6, 6.07) is 13.2. The smallest absolute Gasteiger partial charge is 0.293 e. The standard InChI is InChI=1S/C35H43F3O3/c1-3-5-7-9-11-13-16-26-19-21-29(33(37)24-26)31-25-27(35(39)41-40-23-14-12-10-8-6-4-2)20-22-28(31)30-17-15-18-32(36)34(30)38/h15,17-22,24-25H,3-14,16,23H2,1-2H3. The third-order valence-electron chi connectivity index (χ3n) is 7.36. The summed E-state index contributed by atoms with van der Waals surface area (Å²) in [5.74, 6) is -3.26. The molecule has 3 aromatic carbocycles. The van der Waals surface area contributed by atoms with E-state index in [2.05, 4.69) is 13.8 Å². The molecule has 0 bridgehead atoms. The van der Waals surface area contributed by atoms with Crippen LogP contribution in [0.3, 0.4) is 0 Å². The average Bonchev–Trinajstić information content (AvgIpc) is 2.97. The molecule has 0 aliphatic heterocycles. The van der Waals surface area contributed by atoms with E-state index in [0.29, 0.717) is 0 Å². The lowest BCUT2D eigenvalue weighted by Gasteiger charge is -2.15. The minimum absolute atomic E-state index is 0.0187. The Hall–Kier alpha value is -3.12. The van der Waals surface area contributed by atoms with Crippen molar-refractivity contribution in [3.63, 3.8) is 0 Å². The van der Waals surface area contributed by atoms with Crippen LogP contribution in [-0.4, -0.2) is 12.6 Å². The molecular formula is C35H43F3O3. The van der Waals surface area contributed by atoms with E-state index in [1.165, 1.54) is 81.3 Å². The van der Waals surface area contributed by atoms with Crippen LogP contribution in [0.15, 0.2) is 54.6 Å². The van der Waals surface area contributed by atoms with Crippen molar-refractivity contribution in [1.29, 1.82) is 0 Å². The Morgan fingerprint density at radius 1 is 0.634 bits per heavy atom. The van der Waals surface area contributed by atoms with Crippen LogP contribution in [0.2, 0.25) is 0 Å². The van der Waals surface area contributed by atoms with Crippen LogP contribution in [0.1, 0.15) is 107 Å². The molecule has 3 rings (SSSR count). The fourth-order valence-electron chi connectivity index (χ4n) is 4.97. The van der Waals surface area contributed by atoms with Gasteiger partial charge in [-0.15, -0.1) is 0 Å². The van der Waals surface area contributed by atoms with Gasteiger partial charge >= 0.3 is 5.97 Å². The monoisotopic (exact) mass is 568 g/mol. The van der Waals surface area contributed by atoms with Gasteiger partial charge in [0.2, 0.25) is 0 Å². The average molecular weight is 569 g/mol. The topological polar surface area (TPSA) is 35.5 Å². The number of aryl methyl sites for hydroxylation is 1. The van der Waals surface area contributed by atoms with Gasteiger partial charge in [0.1, 0.15) is 5.82 Å². The maximum absolute atomic E-state index is 15.5. The van der Waals surface area contributed by atoms with Crippen LogP contribution in [-0.2, 0) is 16.2 Å². The molecule has 0 spiro atoms. The number of halogens is 3. The molecule has 0 N–H and O–H groups in total. The minimum Gasteiger partial charge on any atom is -0.293 e. The lowest BCUT2D eigenvalue weighted by molar-refractivity contribution is -0.241. The first-order valence-corrected chi connectivity index (χ1v) is 15.2. The number of carbonyl (C=O) groups is 1. The first-order chi connectivity index (χ1) is 20.0. The van der Waals surface area contributed by atoms with E-state index < -0.39 is 23.4 Å². The van der Waals surface area contributed by atoms with Gasteiger partial charge in [-0.25, -0.2) is 18.0 Å². The Morgan fingerprint density at radius 3 is 2.00 bits per heavy atom. The molecule has 3 nitrogen and oxygen atoms in total. The maximum atomic E-state index is 15.5. The largest absolute Gasteiger partial charge is 0.373 e. The molecule has 0 saturated carbocycles. The van der Waals surface area contributed by atoms with Gasteiger partial charge in [-0.1, -0.05) is 108 Å². The summed E-state index contributed by atoms with van der Waals surface area (Å²) in [4.78, 5) is 22.9. The molecule has 6 heteroatoms. The summed E-state index contributed by atoms with van der Waals surface area (Å²) >= 11 is 0. The van der Waals surface area contributed by atoms with Crippen molar-refractivity contribution in [2.45, 2.75) is 97.3 Å². The predicted octanol–water partition coefficient (Wildman–Crippen LogP) is 10.8. The Labute approximate surface area is 243 Å². The molecule has 0 aliphatic carbocycles. The van der Waals surface area contributed by atoms with Gasteiger partial charge in [0.25, 0.3) is 0 Å². The van der Waals surface area contributed by atoms with Crippen LogP contribution in [0, 0.1) is 17.5 Å². The molecule has 0 saturated heterocycles. The van der Waals surface area contributed by atoms with Gasteiger partial charge in [-0.3, -0.25) is 4.89 Å². The molecule has 0 fully saturated rings. The quantitative estimate of drug-likeness (QED) is 0.0870. The van der Waals surface area contributed by atoms with Crippen LogP contribution in [0.25, 0.3) is 22.3 Å². The molecule has 0 unspecified atom stereocenters. The molecule has 0 amide bonds. The Bertz CT molecular complexity index is 1240. The number of unbranched alkanes of at least 4 members (excludes halogenated alkanes) is 10. The van der Waals surface area contributed by atoms with Crippen molar-refractivity contribution in [2.24, 2.45) is 0 Å². The van der Waals surface area contributed by atoms with Crippen molar-refractivity contribution in [3.05, 3.63) is 83.2 Å². The number of rotatable bonds is 18. The van der Waals surface area contributed by atoms with E-state index in [-0.39, 0.29) is 34.4 Å². The number of benzene rings is 3. The summed E-state index contributed by atoms with van der Waals surface area (Å²) in [5.41, 5.74) is 1.71. The van der Waals surface area contributed by atoms with Crippen molar-refractivity contribution in [2.75, 3.05) is 6.61 Å². The molecule has 0 atom stereocenters. The second kappa shape index (κ2) is 17.6. The summed E-state index contributed by atoms with van der Waals surface area (Å²) in [5, 5.41) is 0. The normalized spacial score (nSPS) is 11.1. The second-order valence-corrected chi connectivity index (χ2v) is 10.7. The van der Waals surface area contributed by atoms with Gasteiger partial charge in [0, 0.05) is 11.1 Å². The molecule has 0 aliphatic rings. The second-order valence-electron chi connectivity index (χ2n) is 10.7. The highest BCUT2D eigenvalue weighted by molar-refractivity contribution is 5.94. The molecular weight excluding hydrogens is 525 g/mol. The third kappa shape index (κ3) is 10.0. The lowest BCUT2D eigenvalue weighted by atomic mass is 9.91. The van der Waals surface area contributed by atoms with Crippen LogP contribution in [0.5, 0.6) is 0 Å². The fraction of sp³-hybridized carbons (Fsp3) is 0.457. The Kier molecular flexibility index (Phi) is 13.9. The molecule has 3 aromatic rings. The van der Waals surface area contributed by atoms with Crippen LogP contribution >= 0.6 is 0 Å². The summed E-state index contributed by atoms with van der Waals surface area (Å²) in [7, 11) is 0. The van der Waals surface area contributed by atoms with Crippen molar-refractivity contribution < 1.29 is 27.7 Å². The van der Waals surface area contributed by atoms with Crippen LogP contribution < -0.4 is 0 Å². The van der Waals surface area contributed by atoms with E-state index in [1.54, 1.807) is 6.07 Å². The van der Waals surface area contributed by atoms with Crippen LogP contribution in [0.4, 0.5) is 13.2 Å². The highest BCUT2D eigenvalue weighted by Gasteiger charge is 2.20. The van der Waals surface area contributed by atoms with E-state index in [0.717, 1.165) is 50.2 Å². The third-order valence-corrected chi connectivity index (χ3v) is 7.36. The highest BCUT2D eigenvalue weighted by Crippen LogP contribution is 2.37. The molecule has 41 heavy (non-hydrogen) atoms. The van der Waals surface area contributed by atoms with Crippen molar-refractivity contribution >= 4 is 5.97 Å². The summed E-state index contributed by atoms with van der Waals surface area (Å²) in [6.07, 6.45) is 14.1. The highest BCUT2D eigenvalue weighted by atomic mass is 19.2. The van der Waals surface area contributed by atoms with Crippen molar-refractivity contribution in [3.8, 4) is 22.3 Å². The molecule has 0 radical (unpaired) electrons. The predicted molar refractivity (Wildman–Crippen MR) is 159 cm³/mol. The zero-order chi connectivity index (χ0) is 29.5. The van der Waals surface area contributed by atoms with E-state index in [4.69, 9.17) is 9.78 Å². The molecule has 0 aromatic heterocycles. The van der Waals surface area contributed by atoms with Crippen molar-refractivity contribution in [1.82, 2.24) is 0 Å². The van der Waals surface area contributed by atoms with Gasteiger partial charge in [-0.05, 0) is 60.2 Å². The Morgan fingerprint density at radius 2 is 1.29 bits per heavy atom. The minimum atomic E-state index is -1.04. The number of hydrogen-bond acceptors (Lipinski definition) is 3. The first-order valence-electron chi connectivity index (χ1n) is 15.2. The maximum Gasteiger partial charge on any atom is 0.373 e. The zero-order valence-corrected chi connectivity index (χ0v) is 24.5. The summed E-state index contributed by atoms with van der Waals surface area (Å²) < 4.78 is 44.4. The van der Waals surface area contributed by atoms with E-state index >= 15 is 4.39 Å². The first kappa shape index (κ1) is 32.4. The van der Waals surface area contributed by atoms with Gasteiger partial charge in [0.05, 0.1) is 12.2 Å². The lowest BCUT2D eigenvalue weighted by Crippen LogP contribution is -2.08. The van der Waals surface area contributed by atoms with E-state index in [9.17, 15) is 13.6 Å². The molecule has 0 heterocycles. The molecule has 222 valence electrons. The van der Waals surface area contributed by atoms with E-state index in [1.807, 2.05) is 6.07 Å². The van der Waals surface area contributed by atoms with Gasteiger partial charge in [-0.2, -0.15) is 4.89 Å². The Balaban J connectivity index is 1.78. The fourth-order valence-corrected chi connectivity index (χ4v) is 4.97. The number of carbonyl (C=O) groups excluding carboxylic acids is 1. The number of hydrogen-bond donors (Lipinski definition) is 0. The SMILES string of the molecule is CCCCCCCCOOC(=O)c1ccc(-c2cccc(F)c2F)c(-c2ccc(CCCCCCCC)cc2F)c1.